The van der Waals surface area contributed by atoms with Gasteiger partial charge in [0.05, 0.1) is 33.7 Å². The zero-order chi connectivity index (χ0) is 51.7. The van der Waals surface area contributed by atoms with Gasteiger partial charge in [-0.2, -0.15) is 0 Å². The lowest BCUT2D eigenvalue weighted by Gasteiger charge is -2.45. The molecule has 0 saturated carbocycles. The van der Waals surface area contributed by atoms with Crippen molar-refractivity contribution in [3.8, 4) is 80.1 Å². The van der Waals surface area contributed by atoms with E-state index in [4.69, 9.17) is 33.2 Å². The zero-order valence-electron chi connectivity index (χ0n) is 35.4. The molecule has 27 nitrogen and oxygen atoms in total. The molecule has 5 aliphatic rings. The number of aliphatic hydroxyl groups is 2. The van der Waals surface area contributed by atoms with Crippen molar-refractivity contribution in [2.75, 3.05) is 6.61 Å². The van der Waals surface area contributed by atoms with Gasteiger partial charge in [-0.1, -0.05) is 0 Å². The molecular formula is C44H32O27. The van der Waals surface area contributed by atoms with Gasteiger partial charge in [-0.05, 0) is 43.3 Å². The van der Waals surface area contributed by atoms with Crippen LogP contribution in [0.5, 0.6) is 69.0 Å². The van der Waals surface area contributed by atoms with E-state index < -0.39 is 216 Å². The number of phenolic OH excluding ortho intramolecular Hbond substituents is 11. The fourth-order valence-electron chi connectivity index (χ4n) is 8.90. The lowest BCUT2D eigenvalue weighted by Crippen LogP contribution is -2.67. The number of esters is 5. The van der Waals surface area contributed by atoms with Gasteiger partial charge in [-0.25, -0.2) is 24.0 Å². The van der Waals surface area contributed by atoms with E-state index in [0.717, 1.165) is 6.92 Å². The second-order valence-corrected chi connectivity index (χ2v) is 16.5. The molecule has 4 heterocycles. The highest BCUT2D eigenvalue weighted by Gasteiger charge is 2.71. The van der Waals surface area contributed by atoms with Gasteiger partial charge >= 0.3 is 29.8 Å². The van der Waals surface area contributed by atoms with Gasteiger partial charge in [0.15, 0.2) is 75.3 Å². The summed E-state index contributed by atoms with van der Waals surface area (Å²) in [6.45, 7) is -0.420. The Kier molecular flexibility index (Phi) is 10.5. The van der Waals surface area contributed by atoms with Crippen molar-refractivity contribution >= 4 is 41.4 Å². The number of ether oxygens (including phenoxy) is 7. The molecule has 71 heavy (non-hydrogen) atoms. The number of phenols is 11. The summed E-state index contributed by atoms with van der Waals surface area (Å²) in [6.07, 6.45) is -13.2. The molecular weight excluding hydrogens is 960 g/mol. The molecule has 8 unspecified atom stereocenters. The molecule has 0 amide bonds. The molecule has 4 aromatic carbocycles. The first-order valence-electron chi connectivity index (χ1n) is 20.2. The second kappa shape index (κ2) is 15.9. The number of ketones is 2. The normalized spacial score (nSPS) is 26.4. The Labute approximate surface area is 391 Å². The number of hydrogen-bond donors (Lipinski definition) is 13. The molecule has 8 atom stereocenters. The molecule has 0 aromatic heterocycles. The van der Waals surface area contributed by atoms with Crippen LogP contribution in [0.4, 0.5) is 0 Å². The Morgan fingerprint density at radius 1 is 0.620 bits per heavy atom. The van der Waals surface area contributed by atoms with Gasteiger partial charge in [-0.15, -0.1) is 0 Å². The van der Waals surface area contributed by atoms with Crippen LogP contribution in [-0.2, 0) is 42.8 Å². The largest absolute Gasteiger partial charge is 0.504 e. The van der Waals surface area contributed by atoms with Crippen LogP contribution in [0.2, 0.25) is 0 Å². The van der Waals surface area contributed by atoms with E-state index >= 15 is 0 Å². The van der Waals surface area contributed by atoms with Gasteiger partial charge in [0.2, 0.25) is 29.6 Å². The van der Waals surface area contributed by atoms with Crippen LogP contribution < -0.4 is 4.74 Å². The van der Waals surface area contributed by atoms with Crippen molar-refractivity contribution in [1.29, 1.82) is 0 Å². The maximum atomic E-state index is 14.8. The quantitative estimate of drug-likeness (QED) is 0.0723. The number of benzene rings is 4. The minimum absolute atomic E-state index is 0.363. The molecule has 1 fully saturated rings. The smallest absolute Gasteiger partial charge is 0.340 e. The van der Waals surface area contributed by atoms with Crippen molar-refractivity contribution in [1.82, 2.24) is 0 Å². The molecule has 1 saturated heterocycles. The van der Waals surface area contributed by atoms with Crippen LogP contribution in [0.1, 0.15) is 66.3 Å². The van der Waals surface area contributed by atoms with Crippen molar-refractivity contribution in [2.45, 2.75) is 61.4 Å². The average Bonchev–Trinajstić information content (AvgIpc) is 3.63. The Bertz CT molecular complexity index is 3150. The third-order valence-electron chi connectivity index (χ3n) is 12.2. The number of cyclic esters (lactones) is 1. The third-order valence-corrected chi connectivity index (χ3v) is 12.2. The van der Waals surface area contributed by atoms with Gasteiger partial charge in [0.1, 0.15) is 18.5 Å². The van der Waals surface area contributed by atoms with Crippen molar-refractivity contribution in [3.63, 3.8) is 0 Å². The topological polar surface area (TPSA) is 447 Å². The Balaban J connectivity index is 1.30. The van der Waals surface area contributed by atoms with E-state index in [9.17, 15) is 99.9 Å². The minimum Gasteiger partial charge on any atom is -0.504 e. The second-order valence-electron chi connectivity index (χ2n) is 16.5. The maximum absolute atomic E-state index is 14.8. The molecule has 13 N–H and O–H groups in total. The lowest BCUT2D eigenvalue weighted by molar-refractivity contribution is -0.286. The van der Waals surface area contributed by atoms with Crippen molar-refractivity contribution in [2.24, 2.45) is 0 Å². The van der Waals surface area contributed by atoms with Gasteiger partial charge in [-0.3, -0.25) is 9.59 Å². The number of aromatic hydroxyl groups is 11. The molecule has 9 rings (SSSR count). The summed E-state index contributed by atoms with van der Waals surface area (Å²) >= 11 is 0. The molecule has 4 bridgehead atoms. The first-order chi connectivity index (χ1) is 33.3. The monoisotopic (exact) mass is 992 g/mol. The fourth-order valence-corrected chi connectivity index (χ4v) is 8.90. The van der Waals surface area contributed by atoms with E-state index in [1.54, 1.807) is 0 Å². The molecule has 0 spiro atoms. The molecule has 370 valence electrons. The van der Waals surface area contributed by atoms with E-state index in [0.29, 0.717) is 36.4 Å². The van der Waals surface area contributed by atoms with E-state index in [-0.39, 0.29) is 0 Å². The van der Waals surface area contributed by atoms with Crippen molar-refractivity contribution < 1.29 is 133 Å². The number of hydrogen-bond acceptors (Lipinski definition) is 27. The van der Waals surface area contributed by atoms with Crippen LogP contribution in [-0.4, -0.2) is 156 Å². The molecule has 27 heteroatoms. The summed E-state index contributed by atoms with van der Waals surface area (Å²) in [5, 5.41) is 141. The van der Waals surface area contributed by atoms with Crippen LogP contribution in [0.3, 0.4) is 0 Å². The minimum atomic E-state index is -3.55. The molecule has 1 aliphatic carbocycles. The maximum Gasteiger partial charge on any atom is 0.340 e. The molecule has 4 aliphatic heterocycles. The molecule has 0 radical (unpaired) electrons. The number of Topliss-reactive ketones (excluding diaryl/α,β-unsaturated/α-hetero) is 1. The summed E-state index contributed by atoms with van der Waals surface area (Å²) in [6, 6.07) is 2.42. The predicted molar refractivity (Wildman–Crippen MR) is 217 cm³/mol. The Morgan fingerprint density at radius 3 is 1.72 bits per heavy atom. The number of carbonyl (C=O) groups excluding carboxylic acids is 7. The highest BCUT2D eigenvalue weighted by Crippen LogP contribution is 2.61. The number of carbonyl (C=O) groups is 7. The highest BCUT2D eigenvalue weighted by atomic mass is 16.7. The van der Waals surface area contributed by atoms with Crippen LogP contribution in [0.25, 0.3) is 11.1 Å². The average molecular weight is 993 g/mol. The van der Waals surface area contributed by atoms with E-state index in [1.165, 1.54) is 0 Å². The summed E-state index contributed by atoms with van der Waals surface area (Å²) in [7, 11) is 0. The predicted octanol–water partition coefficient (Wildman–Crippen LogP) is -0.0722. The van der Waals surface area contributed by atoms with Gasteiger partial charge in [0.25, 0.3) is 5.79 Å². The fraction of sp³-hybridized carbons (Fsp3) is 0.250. The van der Waals surface area contributed by atoms with Crippen LogP contribution in [0.15, 0.2) is 42.0 Å². The van der Waals surface area contributed by atoms with E-state index in [1.807, 2.05) is 0 Å². The zero-order valence-corrected chi connectivity index (χ0v) is 35.4. The standard InChI is InChI=1S/C44H32O27/c1-10(45)8-43(63)22(51)7-15-26-25-14(6-20(50)30(55)34(25)71-44(26,43)64)40(61)69-36-35-33(67-41(15)62)21(66-42(36)70-37(58)11-2-16(46)27(52)17(47)3-11)9-65-38(59)12-4-18(48)28(53)31(56)23(12)24-13(39(60)68-35)5-19(49)29(54)32(24)57/h2-7,21,26,33,35-36,42,46-50,52-57,63-64H,8-9H2,1H3. The van der Waals surface area contributed by atoms with Crippen LogP contribution >= 0.6 is 0 Å². The summed E-state index contributed by atoms with van der Waals surface area (Å²) < 4.78 is 39.7. The molecule has 4 aromatic rings. The van der Waals surface area contributed by atoms with Crippen LogP contribution in [0, 0.1) is 0 Å². The Hall–Kier alpha value is -9.21. The summed E-state index contributed by atoms with van der Waals surface area (Å²) in [4.78, 5) is 98.4. The van der Waals surface area contributed by atoms with Gasteiger partial charge in [0, 0.05) is 23.1 Å². The first-order valence-corrected chi connectivity index (χ1v) is 20.2. The summed E-state index contributed by atoms with van der Waals surface area (Å²) in [5.41, 5.74) is -11.4. The summed E-state index contributed by atoms with van der Waals surface area (Å²) in [5.74, 6) is -32.4. The Morgan fingerprint density at radius 2 is 1.13 bits per heavy atom. The van der Waals surface area contributed by atoms with Gasteiger partial charge < -0.3 is 99.5 Å². The number of fused-ring (bicyclic) bond motifs is 3. The van der Waals surface area contributed by atoms with Crippen molar-refractivity contribution in [3.05, 3.63) is 69.8 Å². The lowest BCUT2D eigenvalue weighted by atomic mass is 9.67. The SMILES string of the molecule is CC(=O)CC1(O)C(=O)C=C2C(=O)OC3C4COC(=O)c5cc(O)c(O)c(O)c5-c5c(cc(O)c(O)c5O)C(=O)OC3C(OC(=O)c3cc(O)c(O)c5c3C2C1(O)O5)C(OC(=O)c1cc(O)c(O)c(O)c1)O4. The third kappa shape index (κ3) is 6.88. The van der Waals surface area contributed by atoms with E-state index in [2.05, 4.69) is 0 Å². The highest BCUT2D eigenvalue weighted by molar-refractivity contribution is 6.11. The number of rotatable bonds is 4. The first kappa shape index (κ1) is 46.9.